The molecule has 0 aliphatic heterocycles. The van der Waals surface area contributed by atoms with Crippen LogP contribution in [0.4, 0.5) is 5.69 Å². The normalized spacial score (nSPS) is 11.0. The maximum Gasteiger partial charge on any atom is 0.270 e. The number of carboxylic acid groups (broad SMARTS) is 1. The molecule has 0 amide bonds. The van der Waals surface area contributed by atoms with E-state index in [0.717, 1.165) is 18.2 Å². The fourth-order valence-corrected chi connectivity index (χ4v) is 1.82. The van der Waals surface area contributed by atoms with Gasteiger partial charge < -0.3 is 15.6 Å². The lowest BCUT2D eigenvalue weighted by molar-refractivity contribution is -0.420. The number of benzene rings is 2. The van der Waals surface area contributed by atoms with Crippen molar-refractivity contribution in [3.63, 3.8) is 0 Å². The lowest BCUT2D eigenvalue weighted by Gasteiger charge is -2.03. The van der Waals surface area contributed by atoms with Gasteiger partial charge >= 0.3 is 0 Å². The number of rotatable bonds is 3. The van der Waals surface area contributed by atoms with Gasteiger partial charge in [-0.15, -0.1) is 0 Å². The van der Waals surface area contributed by atoms with Crippen LogP contribution in [0.5, 0.6) is 0 Å². The van der Waals surface area contributed by atoms with Gasteiger partial charge in [-0.25, -0.2) is 0 Å². The van der Waals surface area contributed by atoms with Gasteiger partial charge in [0.2, 0.25) is 0 Å². The SMILES string of the molecule is C[C@H]([NH3+])c1ccccc1.O=C([O-])c1ccc([N+](=O)[O-])cc1Cl. The van der Waals surface area contributed by atoms with Crippen LogP contribution in [-0.2, 0) is 0 Å². The van der Waals surface area contributed by atoms with E-state index < -0.39 is 10.9 Å². The fourth-order valence-electron chi connectivity index (χ4n) is 1.56. The molecule has 3 N–H and O–H groups in total. The summed E-state index contributed by atoms with van der Waals surface area (Å²) in [4.78, 5) is 19.9. The molecule has 0 heterocycles. The molecule has 0 spiro atoms. The van der Waals surface area contributed by atoms with Crippen LogP contribution in [0.3, 0.4) is 0 Å². The third-order valence-corrected chi connectivity index (χ3v) is 3.06. The lowest BCUT2D eigenvalue weighted by Crippen LogP contribution is -2.51. The second kappa shape index (κ2) is 8.11. The molecule has 0 radical (unpaired) electrons. The number of halogens is 1. The minimum atomic E-state index is -1.46. The third-order valence-electron chi connectivity index (χ3n) is 2.75. The van der Waals surface area contributed by atoms with Crippen LogP contribution in [0, 0.1) is 10.1 Å². The Morgan fingerprint density at radius 3 is 2.18 bits per heavy atom. The number of carboxylic acids is 1. The van der Waals surface area contributed by atoms with E-state index >= 15 is 0 Å². The van der Waals surface area contributed by atoms with Gasteiger partial charge in [0.25, 0.3) is 5.69 Å². The second-order valence-electron chi connectivity index (χ2n) is 4.52. The quantitative estimate of drug-likeness (QED) is 0.683. The van der Waals surface area contributed by atoms with Crippen LogP contribution >= 0.6 is 11.6 Å². The molecular formula is C15H15ClN2O4. The van der Waals surface area contributed by atoms with E-state index in [9.17, 15) is 20.0 Å². The summed E-state index contributed by atoms with van der Waals surface area (Å²) in [7, 11) is 0. The number of nitro benzene ring substituents is 1. The van der Waals surface area contributed by atoms with Gasteiger partial charge in [-0.2, -0.15) is 0 Å². The molecule has 0 saturated heterocycles. The number of carbonyl (C=O) groups is 1. The zero-order valence-electron chi connectivity index (χ0n) is 11.9. The zero-order chi connectivity index (χ0) is 16.7. The second-order valence-corrected chi connectivity index (χ2v) is 4.93. The molecule has 7 heteroatoms. The molecule has 6 nitrogen and oxygen atoms in total. The smallest absolute Gasteiger partial charge is 0.270 e. The molecule has 2 aromatic rings. The summed E-state index contributed by atoms with van der Waals surface area (Å²) < 4.78 is 0. The highest BCUT2D eigenvalue weighted by molar-refractivity contribution is 6.33. The van der Waals surface area contributed by atoms with Crippen molar-refractivity contribution in [1.29, 1.82) is 0 Å². The standard InChI is InChI=1S/C8H11N.C7H4ClNO4/c1-7(9)8-5-3-2-4-6-8;8-6-3-4(9(12)13)1-2-5(6)7(10)11/h2-7H,9H2,1H3;1-3H,(H,10,11)/t7-;/m0./s1. The molecule has 2 aromatic carbocycles. The van der Waals surface area contributed by atoms with Gasteiger partial charge in [-0.05, 0) is 13.0 Å². The number of hydrogen-bond acceptors (Lipinski definition) is 4. The van der Waals surface area contributed by atoms with E-state index in [1.807, 2.05) is 18.2 Å². The van der Waals surface area contributed by atoms with Crippen molar-refractivity contribution in [2.24, 2.45) is 0 Å². The average molecular weight is 323 g/mol. The van der Waals surface area contributed by atoms with Crippen molar-refractivity contribution in [1.82, 2.24) is 0 Å². The van der Waals surface area contributed by atoms with Gasteiger partial charge in [0, 0.05) is 23.3 Å². The maximum atomic E-state index is 10.3. The Hall–Kier alpha value is -2.44. The summed E-state index contributed by atoms with van der Waals surface area (Å²) in [5.41, 5.74) is 4.70. The van der Waals surface area contributed by atoms with Crippen molar-refractivity contribution >= 4 is 23.3 Å². The molecule has 0 saturated carbocycles. The van der Waals surface area contributed by atoms with Crippen LogP contribution in [0.25, 0.3) is 0 Å². The number of carbonyl (C=O) groups excluding carboxylic acids is 1. The van der Waals surface area contributed by atoms with E-state index in [1.165, 1.54) is 5.56 Å². The van der Waals surface area contributed by atoms with Crippen LogP contribution in [0.15, 0.2) is 48.5 Å². The molecule has 0 aliphatic carbocycles. The molecule has 116 valence electrons. The zero-order valence-corrected chi connectivity index (χ0v) is 12.6. The van der Waals surface area contributed by atoms with Crippen LogP contribution in [-0.4, -0.2) is 10.9 Å². The molecule has 2 rings (SSSR count). The minimum Gasteiger partial charge on any atom is -0.545 e. The van der Waals surface area contributed by atoms with Gasteiger partial charge in [0.1, 0.15) is 6.04 Å². The van der Waals surface area contributed by atoms with Gasteiger partial charge in [0.15, 0.2) is 0 Å². The number of quaternary nitrogens is 1. The maximum absolute atomic E-state index is 10.3. The average Bonchev–Trinajstić information content (AvgIpc) is 2.48. The van der Waals surface area contributed by atoms with E-state index in [1.54, 1.807) is 0 Å². The summed E-state index contributed by atoms with van der Waals surface area (Å²) in [6.07, 6.45) is 0. The molecule has 1 atom stereocenters. The summed E-state index contributed by atoms with van der Waals surface area (Å²) in [6, 6.07) is 13.8. The summed E-state index contributed by atoms with van der Waals surface area (Å²) >= 11 is 5.44. The lowest BCUT2D eigenvalue weighted by atomic mass is 10.1. The van der Waals surface area contributed by atoms with Crippen molar-refractivity contribution in [2.75, 3.05) is 0 Å². The molecule has 0 bridgehead atoms. The first-order chi connectivity index (χ1) is 10.3. The van der Waals surface area contributed by atoms with E-state index in [2.05, 4.69) is 24.8 Å². The Morgan fingerprint density at radius 1 is 1.23 bits per heavy atom. The van der Waals surface area contributed by atoms with Crippen molar-refractivity contribution < 1.29 is 20.6 Å². The third kappa shape index (κ3) is 5.16. The van der Waals surface area contributed by atoms with E-state index in [4.69, 9.17) is 11.6 Å². The highest BCUT2D eigenvalue weighted by atomic mass is 35.5. The summed E-state index contributed by atoms with van der Waals surface area (Å²) in [6.45, 7) is 2.09. The van der Waals surface area contributed by atoms with Gasteiger partial charge in [-0.3, -0.25) is 10.1 Å². The first kappa shape index (κ1) is 17.6. The van der Waals surface area contributed by atoms with Crippen molar-refractivity contribution in [3.05, 3.63) is 74.8 Å². The summed E-state index contributed by atoms with van der Waals surface area (Å²) in [5, 5.41) is 20.4. The first-order valence-electron chi connectivity index (χ1n) is 6.36. The van der Waals surface area contributed by atoms with Crippen molar-refractivity contribution in [3.8, 4) is 0 Å². The highest BCUT2D eigenvalue weighted by Gasteiger charge is 2.09. The van der Waals surface area contributed by atoms with Crippen LogP contribution in [0.2, 0.25) is 5.02 Å². The van der Waals surface area contributed by atoms with Crippen LogP contribution in [0.1, 0.15) is 28.9 Å². The van der Waals surface area contributed by atoms with E-state index in [0.29, 0.717) is 6.04 Å². The Kier molecular flexibility index (Phi) is 6.49. The number of nitro groups is 1. The Bertz CT molecular complexity index is 660. The molecule has 22 heavy (non-hydrogen) atoms. The molecular weight excluding hydrogens is 308 g/mol. The van der Waals surface area contributed by atoms with Crippen LogP contribution < -0.4 is 10.8 Å². The fraction of sp³-hybridized carbons (Fsp3) is 0.133. The number of hydrogen-bond donors (Lipinski definition) is 1. The largest absolute Gasteiger partial charge is 0.545 e. The topological polar surface area (TPSA) is 111 Å². The minimum absolute atomic E-state index is 0.200. The first-order valence-corrected chi connectivity index (χ1v) is 6.74. The molecule has 0 fully saturated rings. The monoisotopic (exact) mass is 322 g/mol. The number of aromatic carboxylic acids is 1. The number of nitrogens with zero attached hydrogens (tertiary/aromatic N) is 1. The molecule has 0 aromatic heterocycles. The highest BCUT2D eigenvalue weighted by Crippen LogP contribution is 2.21. The summed E-state index contributed by atoms with van der Waals surface area (Å²) in [5.74, 6) is -1.46. The Morgan fingerprint density at radius 2 is 1.82 bits per heavy atom. The predicted molar refractivity (Wildman–Crippen MR) is 80.2 cm³/mol. The Balaban J connectivity index is 0.000000235. The van der Waals surface area contributed by atoms with Gasteiger partial charge in [-0.1, -0.05) is 41.9 Å². The van der Waals surface area contributed by atoms with E-state index in [-0.39, 0.29) is 16.3 Å². The van der Waals surface area contributed by atoms with Crippen molar-refractivity contribution in [2.45, 2.75) is 13.0 Å². The molecule has 0 unspecified atom stereocenters. The predicted octanol–water partition coefficient (Wildman–Crippen LogP) is 1.60. The Labute approximate surface area is 132 Å². The molecule has 0 aliphatic rings. The number of non-ortho nitro benzene ring substituents is 1. The van der Waals surface area contributed by atoms with Gasteiger partial charge in [0.05, 0.1) is 15.9 Å².